The Kier molecular flexibility index (Phi) is 5.23. The van der Waals surface area contributed by atoms with Gasteiger partial charge in [0.15, 0.2) is 6.61 Å². The Labute approximate surface area is 151 Å². The van der Waals surface area contributed by atoms with Gasteiger partial charge in [-0.25, -0.2) is 12.7 Å². The predicted octanol–water partition coefficient (Wildman–Crippen LogP) is 0.740. The van der Waals surface area contributed by atoms with E-state index >= 15 is 0 Å². The number of aromatic nitrogens is 2. The summed E-state index contributed by atoms with van der Waals surface area (Å²) in [6.45, 7) is 0.720. The third-order valence-electron chi connectivity index (χ3n) is 4.21. The molecule has 0 saturated carbocycles. The lowest BCUT2D eigenvalue weighted by Gasteiger charge is -2.28. The quantitative estimate of drug-likeness (QED) is 0.782. The number of carbonyl (C=O) groups is 1. The van der Waals surface area contributed by atoms with E-state index in [9.17, 15) is 13.2 Å². The largest absolute Gasteiger partial charge is 0.484 e. The van der Waals surface area contributed by atoms with Gasteiger partial charge < -0.3 is 15.0 Å². The molecule has 1 aliphatic heterocycles. The molecule has 26 heavy (non-hydrogen) atoms. The van der Waals surface area contributed by atoms with Crippen molar-refractivity contribution < 1.29 is 22.5 Å². The second-order valence-corrected chi connectivity index (χ2v) is 8.15. The van der Waals surface area contributed by atoms with Gasteiger partial charge in [-0.1, -0.05) is 5.16 Å². The molecule has 1 saturated heterocycles. The number of hydrogen-bond acceptors (Lipinski definition) is 7. The summed E-state index contributed by atoms with van der Waals surface area (Å²) < 4.78 is 35.2. The van der Waals surface area contributed by atoms with Crippen LogP contribution in [0.4, 0.5) is 0 Å². The van der Waals surface area contributed by atoms with Crippen molar-refractivity contribution in [1.82, 2.24) is 14.4 Å². The SMILES string of the molecule is CS(=O)(=O)N1CCC(c2nc(-c3ccc(OCC(N)=O)cc3)no2)CC1. The van der Waals surface area contributed by atoms with Crippen LogP contribution in [0.15, 0.2) is 28.8 Å². The highest BCUT2D eigenvalue weighted by Gasteiger charge is 2.29. The van der Waals surface area contributed by atoms with Crippen molar-refractivity contribution in [2.45, 2.75) is 18.8 Å². The Hall–Kier alpha value is -2.46. The van der Waals surface area contributed by atoms with Gasteiger partial charge in [-0.2, -0.15) is 4.98 Å². The molecular weight excluding hydrogens is 360 g/mol. The first-order valence-electron chi connectivity index (χ1n) is 8.13. The third-order valence-corrected chi connectivity index (χ3v) is 5.51. The van der Waals surface area contributed by atoms with Crippen LogP contribution >= 0.6 is 0 Å². The van der Waals surface area contributed by atoms with E-state index in [1.807, 2.05) is 0 Å². The first-order valence-corrected chi connectivity index (χ1v) is 9.98. The van der Waals surface area contributed by atoms with Gasteiger partial charge in [-0.05, 0) is 37.1 Å². The van der Waals surface area contributed by atoms with Gasteiger partial charge in [-0.15, -0.1) is 0 Å². The number of sulfonamides is 1. The molecule has 0 unspecified atom stereocenters. The van der Waals surface area contributed by atoms with Gasteiger partial charge in [0.2, 0.25) is 21.7 Å². The zero-order chi connectivity index (χ0) is 18.7. The van der Waals surface area contributed by atoms with E-state index in [0.717, 1.165) is 5.56 Å². The first kappa shape index (κ1) is 18.3. The summed E-state index contributed by atoms with van der Waals surface area (Å²) in [6, 6.07) is 6.91. The van der Waals surface area contributed by atoms with Crippen LogP contribution in [0.1, 0.15) is 24.7 Å². The maximum absolute atomic E-state index is 11.6. The standard InChI is InChI=1S/C16H20N4O5S/c1-26(22,23)20-8-6-12(7-9-20)16-18-15(19-25-16)11-2-4-13(5-3-11)24-10-14(17)21/h2-5,12H,6-10H2,1H3,(H2,17,21). The predicted molar refractivity (Wildman–Crippen MR) is 92.8 cm³/mol. The number of primary amides is 1. The average Bonchev–Trinajstić information content (AvgIpc) is 3.10. The number of carbonyl (C=O) groups excluding carboxylic acids is 1. The molecule has 1 fully saturated rings. The van der Waals surface area contributed by atoms with Gasteiger partial charge in [0, 0.05) is 24.6 Å². The lowest BCUT2D eigenvalue weighted by Crippen LogP contribution is -2.37. The number of hydrogen-bond donors (Lipinski definition) is 1. The molecule has 1 aromatic heterocycles. The van der Waals surface area contributed by atoms with Gasteiger partial charge in [0.05, 0.1) is 6.26 Å². The molecule has 2 aromatic rings. The molecule has 10 heteroatoms. The van der Waals surface area contributed by atoms with E-state index in [4.69, 9.17) is 15.0 Å². The van der Waals surface area contributed by atoms with Crippen molar-refractivity contribution in [3.8, 4) is 17.1 Å². The van der Waals surface area contributed by atoms with Crippen LogP contribution in [0, 0.1) is 0 Å². The fourth-order valence-electron chi connectivity index (χ4n) is 2.81. The number of ether oxygens (including phenoxy) is 1. The number of amides is 1. The van der Waals surface area contributed by atoms with Crippen molar-refractivity contribution in [2.24, 2.45) is 5.73 Å². The maximum atomic E-state index is 11.6. The molecule has 0 radical (unpaired) electrons. The Morgan fingerprint density at radius 2 is 1.96 bits per heavy atom. The molecule has 3 rings (SSSR count). The number of nitrogens with zero attached hydrogens (tertiary/aromatic N) is 3. The highest BCUT2D eigenvalue weighted by Crippen LogP contribution is 2.29. The number of rotatable bonds is 6. The minimum atomic E-state index is -3.16. The highest BCUT2D eigenvalue weighted by atomic mass is 32.2. The van der Waals surface area contributed by atoms with Gasteiger partial charge >= 0.3 is 0 Å². The summed E-state index contributed by atoms with van der Waals surface area (Å²) in [5.41, 5.74) is 5.78. The second kappa shape index (κ2) is 7.42. The van der Waals surface area contributed by atoms with Crippen LogP contribution in [-0.2, 0) is 14.8 Å². The number of piperidine rings is 1. The van der Waals surface area contributed by atoms with Gasteiger partial charge in [-0.3, -0.25) is 4.79 Å². The summed E-state index contributed by atoms with van der Waals surface area (Å²) in [5, 5.41) is 4.00. The van der Waals surface area contributed by atoms with E-state index in [1.54, 1.807) is 24.3 Å². The molecule has 9 nitrogen and oxygen atoms in total. The summed E-state index contributed by atoms with van der Waals surface area (Å²) in [5.74, 6) is 0.991. The highest BCUT2D eigenvalue weighted by molar-refractivity contribution is 7.88. The van der Waals surface area contributed by atoms with Crippen LogP contribution in [0.2, 0.25) is 0 Å². The maximum Gasteiger partial charge on any atom is 0.255 e. The summed E-state index contributed by atoms with van der Waals surface area (Å²) >= 11 is 0. The van der Waals surface area contributed by atoms with E-state index in [-0.39, 0.29) is 12.5 Å². The van der Waals surface area contributed by atoms with Crippen molar-refractivity contribution >= 4 is 15.9 Å². The summed E-state index contributed by atoms with van der Waals surface area (Å²) in [7, 11) is -3.16. The monoisotopic (exact) mass is 380 g/mol. The fraction of sp³-hybridized carbons (Fsp3) is 0.438. The van der Waals surface area contributed by atoms with Crippen molar-refractivity contribution in [3.63, 3.8) is 0 Å². The number of nitrogens with two attached hydrogens (primary N) is 1. The molecule has 0 aliphatic carbocycles. The van der Waals surface area contributed by atoms with Crippen LogP contribution in [-0.4, -0.2) is 54.7 Å². The van der Waals surface area contributed by atoms with Gasteiger partial charge in [0.25, 0.3) is 5.91 Å². The summed E-state index contributed by atoms with van der Waals surface area (Å²) in [6.07, 6.45) is 2.51. The Morgan fingerprint density at radius 3 is 2.54 bits per heavy atom. The zero-order valence-electron chi connectivity index (χ0n) is 14.3. The molecule has 140 valence electrons. The normalized spacial score (nSPS) is 16.5. The van der Waals surface area contributed by atoms with Crippen molar-refractivity contribution in [2.75, 3.05) is 26.0 Å². The molecule has 2 heterocycles. The van der Waals surface area contributed by atoms with Crippen LogP contribution < -0.4 is 10.5 Å². The topological polar surface area (TPSA) is 129 Å². The first-order chi connectivity index (χ1) is 12.3. The molecule has 2 N–H and O–H groups in total. The molecule has 1 aromatic carbocycles. The minimum absolute atomic E-state index is 0.0485. The van der Waals surface area contributed by atoms with Crippen LogP contribution in [0.3, 0.4) is 0 Å². The van der Waals surface area contributed by atoms with Crippen LogP contribution in [0.5, 0.6) is 5.75 Å². The Bertz CT molecular complexity index is 870. The van der Waals surface area contributed by atoms with Crippen molar-refractivity contribution in [1.29, 1.82) is 0 Å². The van der Waals surface area contributed by atoms with E-state index in [1.165, 1.54) is 10.6 Å². The van der Waals surface area contributed by atoms with E-state index in [0.29, 0.717) is 43.4 Å². The molecular formula is C16H20N4O5S. The average molecular weight is 380 g/mol. The van der Waals surface area contributed by atoms with Crippen molar-refractivity contribution in [3.05, 3.63) is 30.2 Å². The van der Waals surface area contributed by atoms with Crippen LogP contribution in [0.25, 0.3) is 11.4 Å². The van der Waals surface area contributed by atoms with E-state index < -0.39 is 15.9 Å². The summed E-state index contributed by atoms with van der Waals surface area (Å²) in [4.78, 5) is 15.2. The third kappa shape index (κ3) is 4.38. The zero-order valence-corrected chi connectivity index (χ0v) is 15.1. The lowest BCUT2D eigenvalue weighted by atomic mass is 9.98. The molecule has 0 spiro atoms. The van der Waals surface area contributed by atoms with E-state index in [2.05, 4.69) is 10.1 Å². The lowest BCUT2D eigenvalue weighted by molar-refractivity contribution is -0.119. The fourth-order valence-corrected chi connectivity index (χ4v) is 3.68. The molecule has 0 atom stereocenters. The number of benzene rings is 1. The Balaban J connectivity index is 1.64. The Morgan fingerprint density at radius 1 is 1.31 bits per heavy atom. The second-order valence-electron chi connectivity index (χ2n) is 6.17. The minimum Gasteiger partial charge on any atom is -0.484 e. The molecule has 0 bridgehead atoms. The molecule has 1 aliphatic rings. The van der Waals surface area contributed by atoms with Gasteiger partial charge in [0.1, 0.15) is 5.75 Å². The molecule has 1 amide bonds. The smallest absolute Gasteiger partial charge is 0.255 e.